The predicted molar refractivity (Wildman–Crippen MR) is 198 cm³/mol. The molecule has 0 aliphatic carbocycles. The van der Waals surface area contributed by atoms with Gasteiger partial charge < -0.3 is 24.2 Å². The van der Waals surface area contributed by atoms with Gasteiger partial charge in [-0.25, -0.2) is 9.59 Å². The normalized spacial score (nSPS) is 23.7. The van der Waals surface area contributed by atoms with Gasteiger partial charge in [-0.2, -0.15) is 0 Å². The molecule has 2 fully saturated rings. The van der Waals surface area contributed by atoms with E-state index in [1.807, 2.05) is 99.6 Å². The number of nitrogens with zero attached hydrogens (tertiary/aromatic N) is 4. The van der Waals surface area contributed by atoms with Gasteiger partial charge in [-0.1, -0.05) is 93.6 Å². The molecule has 4 aliphatic heterocycles. The zero-order valence-corrected chi connectivity index (χ0v) is 30.9. The number of carbonyl (C=O) groups is 5. The fourth-order valence-electron chi connectivity index (χ4n) is 8.46. The van der Waals surface area contributed by atoms with E-state index in [-0.39, 0.29) is 42.7 Å². The Bertz CT molecular complexity index is 1890. The smallest absolute Gasteiger partial charge is 0.415 e. The molecule has 3 aromatic carbocycles. The van der Waals surface area contributed by atoms with Gasteiger partial charge in [-0.3, -0.25) is 19.3 Å². The Morgan fingerprint density at radius 3 is 2.04 bits per heavy atom. The van der Waals surface area contributed by atoms with Crippen molar-refractivity contribution >= 4 is 35.5 Å². The second-order valence-electron chi connectivity index (χ2n) is 15.8. The van der Waals surface area contributed by atoms with Crippen LogP contribution in [-0.2, 0) is 48.0 Å². The maximum atomic E-state index is 15.2. The van der Waals surface area contributed by atoms with Crippen molar-refractivity contribution in [2.24, 2.45) is 5.41 Å². The van der Waals surface area contributed by atoms with E-state index in [4.69, 9.17) is 9.47 Å². The lowest BCUT2D eigenvalue weighted by atomic mass is 9.92. The highest BCUT2D eigenvalue weighted by molar-refractivity contribution is 6.02. The number of hydrogen-bond acceptors (Lipinski definition) is 7. The third-order valence-electron chi connectivity index (χ3n) is 11.0. The second-order valence-corrected chi connectivity index (χ2v) is 15.8. The van der Waals surface area contributed by atoms with Crippen LogP contribution in [0.2, 0.25) is 0 Å². The number of amides is 4. The van der Waals surface area contributed by atoms with Crippen molar-refractivity contribution in [1.29, 1.82) is 0 Å². The van der Waals surface area contributed by atoms with E-state index < -0.39 is 42.3 Å². The monoisotopic (exact) mass is 720 g/mol. The summed E-state index contributed by atoms with van der Waals surface area (Å²) < 4.78 is 10.8. The number of ether oxygens (including phenoxy) is 2. The lowest BCUT2D eigenvalue weighted by Gasteiger charge is -2.42. The van der Waals surface area contributed by atoms with Gasteiger partial charge in [0, 0.05) is 25.9 Å². The van der Waals surface area contributed by atoms with Crippen LogP contribution >= 0.6 is 0 Å². The predicted octanol–water partition coefficient (Wildman–Crippen LogP) is 5.45. The lowest BCUT2D eigenvalue weighted by Crippen LogP contribution is -2.60. The third-order valence-corrected chi connectivity index (χ3v) is 11.0. The maximum absolute atomic E-state index is 15.2. The van der Waals surface area contributed by atoms with E-state index in [1.165, 1.54) is 12.0 Å². The molecule has 0 saturated carbocycles. The van der Waals surface area contributed by atoms with Gasteiger partial charge in [0.15, 0.2) is 0 Å². The van der Waals surface area contributed by atoms with Crippen molar-refractivity contribution < 1.29 is 33.4 Å². The Balaban J connectivity index is 1.25. The second kappa shape index (κ2) is 14.7. The van der Waals surface area contributed by atoms with Crippen LogP contribution < -0.4 is 4.90 Å². The Morgan fingerprint density at radius 2 is 1.32 bits per heavy atom. The molecule has 7 rings (SSSR count). The first-order valence-corrected chi connectivity index (χ1v) is 18.6. The minimum Gasteiger partial charge on any atom is -0.467 e. The van der Waals surface area contributed by atoms with Crippen LogP contribution in [0.4, 0.5) is 10.5 Å². The first kappa shape index (κ1) is 36.2. The van der Waals surface area contributed by atoms with E-state index in [1.54, 1.807) is 14.7 Å². The number of esters is 1. The summed E-state index contributed by atoms with van der Waals surface area (Å²) >= 11 is 0. The summed E-state index contributed by atoms with van der Waals surface area (Å²) in [7, 11) is 1.32. The molecule has 0 spiro atoms. The van der Waals surface area contributed by atoms with E-state index in [9.17, 15) is 14.4 Å². The van der Waals surface area contributed by atoms with Crippen molar-refractivity contribution in [2.45, 2.75) is 96.1 Å². The van der Waals surface area contributed by atoms with E-state index in [2.05, 4.69) is 0 Å². The summed E-state index contributed by atoms with van der Waals surface area (Å²) in [5.74, 6) is -1.43. The minimum absolute atomic E-state index is 0.169. The van der Waals surface area contributed by atoms with Crippen LogP contribution in [0, 0.1) is 5.41 Å². The highest BCUT2D eigenvalue weighted by Gasteiger charge is 2.51. The molecule has 0 N–H and O–H groups in total. The van der Waals surface area contributed by atoms with Crippen LogP contribution in [0.25, 0.3) is 0 Å². The molecule has 2 saturated heterocycles. The summed E-state index contributed by atoms with van der Waals surface area (Å²) in [6, 6.07) is 21.1. The average Bonchev–Trinajstić information content (AvgIpc) is 3.93. The van der Waals surface area contributed by atoms with Gasteiger partial charge in [-0.15, -0.1) is 0 Å². The standard InChI is InChI=1S/C42H48N4O7/c1-42(2,3)26-53-41(51)46-31-18-11-10-16-29(31)24-36(46)39(49)45-32(27-13-6-5-7-14-27)20-21-33(45)37(47)44-25-30-17-9-8-15-28(30)23-35(44)38(48)43-22-12-19-34(43)40(50)52-4/h5-11,13-18,32-36H,12,19-26H2,1-4H3/t32-,33+,34?,35+,36+/m0/s1. The van der Waals surface area contributed by atoms with E-state index in [0.29, 0.717) is 44.3 Å². The van der Waals surface area contributed by atoms with Crippen molar-refractivity contribution in [3.8, 4) is 0 Å². The molecule has 11 heteroatoms. The first-order chi connectivity index (χ1) is 25.5. The van der Waals surface area contributed by atoms with Gasteiger partial charge in [0.05, 0.1) is 25.4 Å². The molecule has 0 radical (unpaired) electrons. The number of methoxy groups -OCH3 is 1. The Morgan fingerprint density at radius 1 is 0.679 bits per heavy atom. The molecular weight excluding hydrogens is 672 g/mol. The Kier molecular flexibility index (Phi) is 10.0. The molecule has 53 heavy (non-hydrogen) atoms. The number of benzene rings is 3. The van der Waals surface area contributed by atoms with Crippen LogP contribution in [-0.4, -0.2) is 88.9 Å². The van der Waals surface area contributed by atoms with Crippen LogP contribution in [0.15, 0.2) is 78.9 Å². The van der Waals surface area contributed by atoms with Crippen molar-refractivity contribution in [3.05, 3.63) is 101 Å². The van der Waals surface area contributed by atoms with Gasteiger partial charge >= 0.3 is 12.1 Å². The molecule has 4 aliphatic rings. The zero-order valence-electron chi connectivity index (χ0n) is 30.9. The van der Waals surface area contributed by atoms with Crippen molar-refractivity contribution in [2.75, 3.05) is 25.2 Å². The fourth-order valence-corrected chi connectivity index (χ4v) is 8.46. The summed E-state index contributed by atoms with van der Waals surface area (Å²) in [4.78, 5) is 77.6. The molecule has 278 valence electrons. The Labute approximate surface area is 310 Å². The number of anilines is 1. The third kappa shape index (κ3) is 7.01. The lowest BCUT2D eigenvalue weighted by molar-refractivity contribution is -0.157. The van der Waals surface area contributed by atoms with E-state index in [0.717, 1.165) is 22.3 Å². The molecule has 0 bridgehead atoms. The van der Waals surface area contributed by atoms with Gasteiger partial charge in [0.1, 0.15) is 24.2 Å². The number of hydrogen-bond donors (Lipinski definition) is 0. The fraction of sp³-hybridized carbons (Fsp3) is 0.452. The molecule has 5 atom stereocenters. The summed E-state index contributed by atoms with van der Waals surface area (Å²) in [6.45, 7) is 6.68. The molecule has 1 unspecified atom stereocenters. The van der Waals surface area contributed by atoms with Crippen molar-refractivity contribution in [1.82, 2.24) is 14.7 Å². The number of rotatable bonds is 6. The highest BCUT2D eigenvalue weighted by atomic mass is 16.6. The van der Waals surface area contributed by atoms with Crippen LogP contribution in [0.3, 0.4) is 0 Å². The molecule has 4 amide bonds. The molecule has 3 aromatic rings. The summed E-state index contributed by atoms with van der Waals surface area (Å²) in [5.41, 5.74) is 3.98. The van der Waals surface area contributed by atoms with Crippen LogP contribution in [0.5, 0.6) is 0 Å². The number of likely N-dealkylation sites (tertiary alicyclic amines) is 2. The quantitative estimate of drug-likeness (QED) is 0.311. The maximum Gasteiger partial charge on any atom is 0.415 e. The highest BCUT2D eigenvalue weighted by Crippen LogP contribution is 2.42. The van der Waals surface area contributed by atoms with Gasteiger partial charge in [0.25, 0.3) is 0 Å². The topological polar surface area (TPSA) is 117 Å². The number of fused-ring (bicyclic) bond motifs is 2. The zero-order chi connectivity index (χ0) is 37.4. The van der Waals surface area contributed by atoms with E-state index >= 15 is 9.59 Å². The van der Waals surface area contributed by atoms with Crippen molar-refractivity contribution in [3.63, 3.8) is 0 Å². The molecular formula is C42H48N4O7. The van der Waals surface area contributed by atoms with Gasteiger partial charge in [-0.05, 0) is 59.4 Å². The molecule has 4 heterocycles. The number of carbonyl (C=O) groups excluding carboxylic acids is 5. The van der Waals surface area contributed by atoms with Crippen LogP contribution in [0.1, 0.15) is 74.8 Å². The molecule has 0 aromatic heterocycles. The summed E-state index contributed by atoms with van der Waals surface area (Å²) in [6.07, 6.45) is 2.03. The summed E-state index contributed by atoms with van der Waals surface area (Å²) in [5, 5.41) is 0. The minimum atomic E-state index is -0.926. The van der Waals surface area contributed by atoms with Gasteiger partial charge in [0.2, 0.25) is 17.7 Å². The average molecular weight is 721 g/mol. The number of para-hydroxylation sites is 1. The largest absolute Gasteiger partial charge is 0.467 e. The Hall–Kier alpha value is -5.19. The first-order valence-electron chi connectivity index (χ1n) is 18.6. The molecule has 11 nitrogen and oxygen atoms in total. The SMILES string of the molecule is COC(=O)C1CCCN1C(=O)[C@H]1Cc2ccccc2CN1C(=O)[C@H]1CC[C@@H](c2ccccc2)N1C(=O)[C@H]1Cc2ccccc2N1C(=O)OCC(C)(C)C.